The number of nitrogens with zero attached hydrogens (tertiary/aromatic N) is 2. The zero-order valence-electron chi connectivity index (χ0n) is 8.70. The van der Waals surface area contributed by atoms with E-state index in [1.165, 1.54) is 0 Å². The van der Waals surface area contributed by atoms with Gasteiger partial charge in [0, 0.05) is 11.9 Å². The molecule has 0 aliphatic heterocycles. The van der Waals surface area contributed by atoms with Gasteiger partial charge >= 0.3 is 0 Å². The normalized spacial score (nSPS) is 11.1. The first-order chi connectivity index (χ1) is 7.30. The molecular weight excluding hydrogens is 186 g/mol. The van der Waals surface area contributed by atoms with Crippen LogP contribution in [-0.4, -0.2) is 11.0 Å². The van der Waals surface area contributed by atoms with Crippen molar-refractivity contribution in [2.75, 3.05) is 5.32 Å². The molecule has 1 aromatic rings. The summed E-state index contributed by atoms with van der Waals surface area (Å²) in [4.78, 5) is 3.88. The number of hydrogen-bond acceptors (Lipinski definition) is 3. The van der Waals surface area contributed by atoms with Crippen LogP contribution >= 0.6 is 0 Å². The number of terminal acetylenes is 1. The van der Waals surface area contributed by atoms with Crippen molar-refractivity contribution in [1.29, 1.82) is 5.26 Å². The lowest BCUT2D eigenvalue weighted by Gasteiger charge is -2.12. The van der Waals surface area contributed by atoms with Gasteiger partial charge in [0.1, 0.15) is 11.8 Å². The van der Waals surface area contributed by atoms with Crippen LogP contribution in [0.3, 0.4) is 0 Å². The molecule has 0 fully saturated rings. The number of nitriles is 1. The number of anilines is 1. The van der Waals surface area contributed by atoms with Crippen molar-refractivity contribution >= 4 is 5.69 Å². The zero-order valence-corrected chi connectivity index (χ0v) is 8.70. The van der Waals surface area contributed by atoms with Gasteiger partial charge in [-0.15, -0.1) is 6.42 Å². The Hall–Kier alpha value is -2.00. The highest BCUT2D eigenvalue weighted by Crippen LogP contribution is 2.10. The molecular formula is C12H13N3. The van der Waals surface area contributed by atoms with Crippen LogP contribution in [0.15, 0.2) is 18.3 Å². The first kappa shape index (κ1) is 11.1. The molecule has 0 saturated carbocycles. The van der Waals surface area contributed by atoms with Gasteiger partial charge in [-0.1, -0.05) is 19.3 Å². The van der Waals surface area contributed by atoms with E-state index in [0.717, 1.165) is 18.5 Å². The fraction of sp³-hybridized carbons (Fsp3) is 0.333. The molecule has 0 aromatic carbocycles. The number of rotatable bonds is 4. The Kier molecular flexibility index (Phi) is 4.19. The molecule has 3 nitrogen and oxygen atoms in total. The van der Waals surface area contributed by atoms with E-state index in [9.17, 15) is 0 Å². The standard InChI is InChI=1S/C12H13N3/c1-3-5-10(4-2)15-11-6-7-14-12(8-11)9-13/h2,6-8,10H,3,5H2,1H3,(H,14,15). The van der Waals surface area contributed by atoms with Gasteiger partial charge in [-0.3, -0.25) is 0 Å². The first-order valence-corrected chi connectivity index (χ1v) is 4.89. The van der Waals surface area contributed by atoms with Crippen molar-refractivity contribution < 1.29 is 0 Å². The van der Waals surface area contributed by atoms with Gasteiger partial charge in [0.25, 0.3) is 0 Å². The molecule has 1 atom stereocenters. The quantitative estimate of drug-likeness (QED) is 0.756. The van der Waals surface area contributed by atoms with E-state index in [1.54, 1.807) is 18.3 Å². The Labute approximate surface area is 90.1 Å². The van der Waals surface area contributed by atoms with Gasteiger partial charge in [-0.05, 0) is 18.6 Å². The van der Waals surface area contributed by atoms with Crippen molar-refractivity contribution in [3.63, 3.8) is 0 Å². The van der Waals surface area contributed by atoms with Gasteiger partial charge in [0.15, 0.2) is 0 Å². The first-order valence-electron chi connectivity index (χ1n) is 4.89. The summed E-state index contributed by atoms with van der Waals surface area (Å²) in [6.07, 6.45) is 8.92. The van der Waals surface area contributed by atoms with E-state index in [4.69, 9.17) is 11.7 Å². The van der Waals surface area contributed by atoms with Crippen molar-refractivity contribution in [2.45, 2.75) is 25.8 Å². The van der Waals surface area contributed by atoms with Crippen molar-refractivity contribution in [2.24, 2.45) is 0 Å². The summed E-state index contributed by atoms with van der Waals surface area (Å²) in [5, 5.41) is 11.9. The van der Waals surface area contributed by atoms with Crippen molar-refractivity contribution in [1.82, 2.24) is 4.98 Å². The van der Waals surface area contributed by atoms with E-state index in [1.807, 2.05) is 6.07 Å². The van der Waals surface area contributed by atoms with Crippen LogP contribution in [0.25, 0.3) is 0 Å². The molecule has 0 spiro atoms. The lowest BCUT2D eigenvalue weighted by Crippen LogP contribution is -2.16. The Bertz CT molecular complexity index is 398. The van der Waals surface area contributed by atoms with Crippen LogP contribution in [0.4, 0.5) is 5.69 Å². The van der Waals surface area contributed by atoms with E-state index in [2.05, 4.69) is 23.1 Å². The molecule has 1 N–H and O–H groups in total. The van der Waals surface area contributed by atoms with E-state index in [-0.39, 0.29) is 6.04 Å². The van der Waals surface area contributed by atoms with Gasteiger partial charge in [-0.25, -0.2) is 4.98 Å². The molecule has 0 saturated heterocycles. The fourth-order valence-corrected chi connectivity index (χ4v) is 1.27. The second kappa shape index (κ2) is 5.67. The molecule has 3 heteroatoms. The summed E-state index contributed by atoms with van der Waals surface area (Å²) >= 11 is 0. The largest absolute Gasteiger partial charge is 0.371 e. The number of pyridine rings is 1. The molecule has 1 heterocycles. The van der Waals surface area contributed by atoms with E-state index < -0.39 is 0 Å². The third-order valence-corrected chi connectivity index (χ3v) is 1.99. The van der Waals surface area contributed by atoms with Crippen LogP contribution < -0.4 is 5.32 Å². The Morgan fingerprint density at radius 3 is 3.07 bits per heavy atom. The number of nitrogens with one attached hydrogen (secondary N) is 1. The maximum atomic E-state index is 8.68. The second-order valence-corrected chi connectivity index (χ2v) is 3.19. The van der Waals surface area contributed by atoms with Gasteiger partial charge < -0.3 is 5.32 Å². The Balaban J connectivity index is 2.72. The van der Waals surface area contributed by atoms with Gasteiger partial charge in [0.05, 0.1) is 6.04 Å². The fourth-order valence-electron chi connectivity index (χ4n) is 1.27. The van der Waals surface area contributed by atoms with Crippen molar-refractivity contribution in [3.8, 4) is 18.4 Å². The topological polar surface area (TPSA) is 48.7 Å². The van der Waals surface area contributed by atoms with Gasteiger partial charge in [0.2, 0.25) is 0 Å². The maximum absolute atomic E-state index is 8.68. The highest BCUT2D eigenvalue weighted by Gasteiger charge is 2.03. The lowest BCUT2D eigenvalue weighted by molar-refractivity contribution is 0.755. The molecule has 0 radical (unpaired) electrons. The minimum Gasteiger partial charge on any atom is -0.371 e. The molecule has 1 unspecified atom stereocenters. The third-order valence-electron chi connectivity index (χ3n) is 1.99. The molecule has 0 aliphatic rings. The van der Waals surface area contributed by atoms with Crippen LogP contribution in [-0.2, 0) is 0 Å². The van der Waals surface area contributed by atoms with Gasteiger partial charge in [-0.2, -0.15) is 5.26 Å². The minimum atomic E-state index is 0.0175. The van der Waals surface area contributed by atoms with Crippen LogP contribution in [0.5, 0.6) is 0 Å². The summed E-state index contributed by atoms with van der Waals surface area (Å²) < 4.78 is 0. The summed E-state index contributed by atoms with van der Waals surface area (Å²) in [6.45, 7) is 2.08. The zero-order chi connectivity index (χ0) is 11.1. The molecule has 1 aromatic heterocycles. The number of hydrogen-bond donors (Lipinski definition) is 1. The minimum absolute atomic E-state index is 0.0175. The summed E-state index contributed by atoms with van der Waals surface area (Å²) in [5.74, 6) is 2.67. The maximum Gasteiger partial charge on any atom is 0.142 e. The van der Waals surface area contributed by atoms with E-state index >= 15 is 0 Å². The Morgan fingerprint density at radius 1 is 1.67 bits per heavy atom. The molecule has 0 amide bonds. The number of aromatic nitrogens is 1. The average Bonchev–Trinajstić information content (AvgIpc) is 2.29. The molecule has 15 heavy (non-hydrogen) atoms. The predicted molar refractivity (Wildman–Crippen MR) is 60.1 cm³/mol. The van der Waals surface area contributed by atoms with Crippen LogP contribution in [0.2, 0.25) is 0 Å². The van der Waals surface area contributed by atoms with Crippen LogP contribution in [0.1, 0.15) is 25.5 Å². The average molecular weight is 199 g/mol. The second-order valence-electron chi connectivity index (χ2n) is 3.19. The highest BCUT2D eigenvalue weighted by atomic mass is 14.9. The SMILES string of the molecule is C#CC(CCC)Nc1ccnc(C#N)c1. The highest BCUT2D eigenvalue weighted by molar-refractivity contribution is 5.47. The summed E-state index contributed by atoms with van der Waals surface area (Å²) in [6, 6.07) is 5.51. The predicted octanol–water partition coefficient (Wildman–Crippen LogP) is 2.17. The molecule has 0 bridgehead atoms. The lowest BCUT2D eigenvalue weighted by atomic mass is 10.1. The van der Waals surface area contributed by atoms with E-state index in [0.29, 0.717) is 5.69 Å². The summed E-state index contributed by atoms with van der Waals surface area (Å²) in [5.41, 5.74) is 1.24. The van der Waals surface area contributed by atoms with Crippen molar-refractivity contribution in [3.05, 3.63) is 24.0 Å². The Morgan fingerprint density at radius 2 is 2.47 bits per heavy atom. The molecule has 76 valence electrons. The molecule has 1 rings (SSSR count). The third kappa shape index (κ3) is 3.32. The molecule has 0 aliphatic carbocycles. The summed E-state index contributed by atoms with van der Waals surface area (Å²) in [7, 11) is 0. The monoisotopic (exact) mass is 199 g/mol. The smallest absolute Gasteiger partial charge is 0.142 e. The van der Waals surface area contributed by atoms with Crippen LogP contribution in [0, 0.1) is 23.7 Å².